The van der Waals surface area contributed by atoms with Crippen LogP contribution in [0.3, 0.4) is 0 Å². The van der Waals surface area contributed by atoms with Gasteiger partial charge in [0.2, 0.25) is 0 Å². The summed E-state index contributed by atoms with van der Waals surface area (Å²) in [5.41, 5.74) is 0.464. The van der Waals surface area contributed by atoms with Crippen molar-refractivity contribution in [3.63, 3.8) is 0 Å². The van der Waals surface area contributed by atoms with E-state index in [0.717, 1.165) is 4.26 Å². The molecule has 0 fully saturated rings. The normalized spacial score (nSPS) is 10.9. The van der Waals surface area contributed by atoms with Crippen molar-refractivity contribution in [2.45, 2.75) is 0 Å². The Morgan fingerprint density at radius 1 is 1.00 bits per heavy atom. The summed E-state index contributed by atoms with van der Waals surface area (Å²) in [5.74, 6) is 1.67. The zero-order valence-electron chi connectivity index (χ0n) is 14.8. The first-order valence-electron chi connectivity index (χ1n) is 7.91. The molecule has 0 saturated heterocycles. The molecule has 0 bridgehead atoms. The Morgan fingerprint density at radius 2 is 1.70 bits per heavy atom. The van der Waals surface area contributed by atoms with Crippen LogP contribution in [0.25, 0.3) is 27.1 Å². The topological polar surface area (TPSA) is 88.6 Å². The van der Waals surface area contributed by atoms with E-state index in [-0.39, 0.29) is 32.2 Å². The van der Waals surface area contributed by atoms with Gasteiger partial charge in [0.1, 0.15) is 0 Å². The molecule has 2 aromatic heterocycles. The minimum absolute atomic E-state index is 0.134. The van der Waals surface area contributed by atoms with Crippen molar-refractivity contribution >= 4 is 24.4 Å². The third-order valence-corrected chi connectivity index (χ3v) is 6.21. The Morgan fingerprint density at radius 3 is 2.33 bits per heavy atom. The summed E-state index contributed by atoms with van der Waals surface area (Å²) in [6.45, 7) is 0. The fourth-order valence-electron chi connectivity index (χ4n) is 2.72. The molecule has 0 saturated carbocycles. The third-order valence-electron chi connectivity index (χ3n) is 3.99. The van der Waals surface area contributed by atoms with Crippen LogP contribution >= 0.6 is 0 Å². The molecular formula is C18H15N3O5Se. The van der Waals surface area contributed by atoms with Gasteiger partial charge in [0, 0.05) is 0 Å². The molecule has 9 heteroatoms. The van der Waals surface area contributed by atoms with Gasteiger partial charge in [0.15, 0.2) is 0 Å². The van der Waals surface area contributed by atoms with E-state index in [1.165, 1.54) is 24.9 Å². The third kappa shape index (κ3) is 2.90. The molecule has 0 amide bonds. The number of nitrogens with zero attached hydrogens (tertiary/aromatic N) is 3. The fraction of sp³-hybridized carbons (Fsp3) is 0.167. The van der Waals surface area contributed by atoms with Crippen molar-refractivity contribution in [3.8, 4) is 34.7 Å². The molecule has 8 nitrogen and oxygen atoms in total. The second-order valence-corrected chi connectivity index (χ2v) is 7.56. The van der Waals surface area contributed by atoms with Crippen molar-refractivity contribution in [1.82, 2.24) is 13.8 Å². The number of hydrogen-bond donors (Lipinski definition) is 0. The van der Waals surface area contributed by atoms with Gasteiger partial charge in [-0.1, -0.05) is 0 Å². The molecule has 27 heavy (non-hydrogen) atoms. The van der Waals surface area contributed by atoms with Crippen LogP contribution in [0.15, 0.2) is 45.6 Å². The number of rotatable bonds is 5. The number of hydrogen-bond acceptors (Lipinski definition) is 7. The Hall–Kier alpha value is -3.03. The molecule has 0 aliphatic rings. The first-order valence-corrected chi connectivity index (χ1v) is 9.54. The standard InChI is InChI=1S/C18H15N3O5Se/c1-23-12-8-10(9-13(24-2)15(12)25-3)16-19-20-18(26-16)21-17(22)11-6-4-5-7-14(11)27-21/h4-9H,1-3H3. The average molecular weight is 432 g/mol. The van der Waals surface area contributed by atoms with Crippen molar-refractivity contribution in [2.75, 3.05) is 21.3 Å². The maximum absolute atomic E-state index is 12.6. The monoisotopic (exact) mass is 433 g/mol. The van der Waals surface area contributed by atoms with Gasteiger partial charge in [0.05, 0.1) is 0 Å². The van der Waals surface area contributed by atoms with Crippen LogP contribution in [0.2, 0.25) is 0 Å². The van der Waals surface area contributed by atoms with E-state index < -0.39 is 0 Å². The van der Waals surface area contributed by atoms with Crippen LogP contribution in [-0.2, 0) is 0 Å². The van der Waals surface area contributed by atoms with Gasteiger partial charge in [0.25, 0.3) is 0 Å². The molecule has 138 valence electrons. The zero-order chi connectivity index (χ0) is 19.0. The van der Waals surface area contributed by atoms with Gasteiger partial charge in [-0.3, -0.25) is 0 Å². The Kier molecular flexibility index (Phi) is 4.47. The maximum atomic E-state index is 12.6. The predicted octanol–water partition coefficient (Wildman–Crippen LogP) is 2.12. The zero-order valence-corrected chi connectivity index (χ0v) is 16.5. The van der Waals surface area contributed by atoms with Crippen molar-refractivity contribution < 1.29 is 18.6 Å². The van der Waals surface area contributed by atoms with Gasteiger partial charge >= 0.3 is 160 Å². The summed E-state index contributed by atoms with van der Waals surface area (Å²) in [6, 6.07) is 11.1. The van der Waals surface area contributed by atoms with Crippen molar-refractivity contribution in [1.29, 1.82) is 0 Å². The first kappa shape index (κ1) is 17.4. The van der Waals surface area contributed by atoms with Gasteiger partial charge in [-0.15, -0.1) is 0 Å². The number of ether oxygens (including phenoxy) is 3. The molecule has 4 rings (SSSR count). The molecule has 2 aromatic carbocycles. The minimum atomic E-state index is -0.243. The van der Waals surface area contributed by atoms with Crippen LogP contribution in [0.1, 0.15) is 0 Å². The number of benzene rings is 2. The summed E-state index contributed by atoms with van der Waals surface area (Å²) in [5, 5.41) is 8.81. The van der Waals surface area contributed by atoms with Crippen molar-refractivity contribution in [2.24, 2.45) is 0 Å². The van der Waals surface area contributed by atoms with Crippen LogP contribution < -0.4 is 19.8 Å². The van der Waals surface area contributed by atoms with Crippen LogP contribution in [0.5, 0.6) is 17.2 Å². The summed E-state index contributed by atoms with van der Waals surface area (Å²) in [4.78, 5) is 12.6. The second-order valence-electron chi connectivity index (χ2n) is 5.49. The SMILES string of the molecule is COc1cc(-c2nnc(-n3[se]c4ccccc4c3=O)o2)cc(OC)c1OC. The van der Waals surface area contributed by atoms with E-state index >= 15 is 0 Å². The quantitative estimate of drug-likeness (QED) is 0.447. The Bertz CT molecular complexity index is 1150. The number of methoxy groups -OCH3 is 3. The molecule has 0 aliphatic carbocycles. The first-order chi connectivity index (χ1) is 13.2. The Balaban J connectivity index is 1.81. The molecule has 4 aromatic rings. The molecular weight excluding hydrogens is 417 g/mol. The van der Waals surface area contributed by atoms with Gasteiger partial charge < -0.3 is 0 Å². The van der Waals surface area contributed by atoms with Crippen LogP contribution in [0.4, 0.5) is 0 Å². The van der Waals surface area contributed by atoms with E-state index in [1.807, 2.05) is 18.2 Å². The van der Waals surface area contributed by atoms with Gasteiger partial charge in [-0.2, -0.15) is 0 Å². The Labute approximate surface area is 159 Å². The number of fused-ring (bicyclic) bond motifs is 1. The molecule has 2 heterocycles. The van der Waals surface area contributed by atoms with Crippen molar-refractivity contribution in [3.05, 3.63) is 46.8 Å². The fourth-order valence-corrected chi connectivity index (χ4v) is 4.65. The average Bonchev–Trinajstić information content (AvgIpc) is 3.32. The van der Waals surface area contributed by atoms with E-state index in [2.05, 4.69) is 10.2 Å². The molecule has 0 unspecified atom stereocenters. The number of aromatic nitrogens is 3. The van der Waals surface area contributed by atoms with Crippen LogP contribution in [0, 0.1) is 0 Å². The van der Waals surface area contributed by atoms with E-state index in [0.29, 0.717) is 28.2 Å². The predicted molar refractivity (Wildman–Crippen MR) is 99.4 cm³/mol. The van der Waals surface area contributed by atoms with Crippen LogP contribution in [-0.4, -0.2) is 49.8 Å². The molecule has 0 radical (unpaired) electrons. The summed E-state index contributed by atoms with van der Waals surface area (Å²) < 4.78 is 24.3. The second kappa shape index (κ2) is 6.94. The summed E-state index contributed by atoms with van der Waals surface area (Å²) >= 11 is -0.243. The summed E-state index contributed by atoms with van der Waals surface area (Å²) in [6.07, 6.45) is 0. The van der Waals surface area contributed by atoms with E-state index in [1.54, 1.807) is 18.2 Å². The van der Waals surface area contributed by atoms with Gasteiger partial charge in [-0.05, 0) is 0 Å². The molecule has 0 N–H and O–H groups in total. The summed E-state index contributed by atoms with van der Waals surface area (Å²) in [7, 11) is 4.59. The molecule has 0 aliphatic heterocycles. The van der Waals surface area contributed by atoms with E-state index in [4.69, 9.17) is 18.6 Å². The molecule has 0 atom stereocenters. The molecule has 0 spiro atoms. The van der Waals surface area contributed by atoms with E-state index in [9.17, 15) is 4.79 Å². The van der Waals surface area contributed by atoms with Gasteiger partial charge in [-0.25, -0.2) is 0 Å².